The number of benzene rings is 1. The van der Waals surface area contributed by atoms with E-state index in [2.05, 4.69) is 39.8 Å². The van der Waals surface area contributed by atoms with E-state index >= 15 is 0 Å². The molecule has 144 valence electrons. The van der Waals surface area contributed by atoms with E-state index in [1.54, 1.807) is 7.11 Å². The second kappa shape index (κ2) is 8.26. The highest BCUT2D eigenvalue weighted by Crippen LogP contribution is 2.27. The Morgan fingerprint density at radius 3 is 2.77 bits per heavy atom. The summed E-state index contributed by atoms with van der Waals surface area (Å²) in [6.45, 7) is 11.8. The van der Waals surface area contributed by atoms with Crippen LogP contribution in [0.15, 0.2) is 18.2 Å². The highest BCUT2D eigenvalue weighted by Gasteiger charge is 2.34. The molecular formula is C21H33N3O2. The third kappa shape index (κ3) is 4.06. The van der Waals surface area contributed by atoms with Crippen molar-refractivity contribution in [1.29, 1.82) is 0 Å². The summed E-state index contributed by atoms with van der Waals surface area (Å²) in [5.41, 5.74) is 2.71. The Balaban J connectivity index is 1.45. The van der Waals surface area contributed by atoms with E-state index in [9.17, 15) is 0 Å². The lowest BCUT2D eigenvalue weighted by Crippen LogP contribution is -2.54. The Morgan fingerprint density at radius 2 is 1.96 bits per heavy atom. The summed E-state index contributed by atoms with van der Waals surface area (Å²) in [6.07, 6.45) is 2.74. The molecule has 26 heavy (non-hydrogen) atoms. The summed E-state index contributed by atoms with van der Waals surface area (Å²) in [4.78, 5) is 7.83. The summed E-state index contributed by atoms with van der Waals surface area (Å²) in [5, 5.41) is 0. The number of nitrogens with zero attached hydrogens (tertiary/aromatic N) is 3. The Labute approximate surface area is 157 Å². The third-order valence-corrected chi connectivity index (χ3v) is 6.29. The van der Waals surface area contributed by atoms with E-state index < -0.39 is 0 Å². The van der Waals surface area contributed by atoms with Gasteiger partial charge in [-0.3, -0.25) is 14.7 Å². The van der Waals surface area contributed by atoms with Crippen LogP contribution in [0.5, 0.6) is 5.75 Å². The highest BCUT2D eigenvalue weighted by atomic mass is 16.5. The first-order valence-corrected chi connectivity index (χ1v) is 10.2. The number of hydrogen-bond acceptors (Lipinski definition) is 5. The van der Waals surface area contributed by atoms with Crippen LogP contribution < -0.4 is 4.74 Å². The van der Waals surface area contributed by atoms with Crippen LogP contribution in [-0.2, 0) is 17.8 Å². The Hall–Kier alpha value is -1.14. The van der Waals surface area contributed by atoms with E-state index in [1.807, 2.05) is 0 Å². The van der Waals surface area contributed by atoms with Crippen LogP contribution in [-0.4, -0.2) is 79.8 Å². The van der Waals surface area contributed by atoms with Crippen molar-refractivity contribution in [3.8, 4) is 5.75 Å². The summed E-state index contributed by atoms with van der Waals surface area (Å²) in [7, 11) is 1.78. The molecule has 1 aromatic carbocycles. The van der Waals surface area contributed by atoms with Gasteiger partial charge in [0.25, 0.3) is 0 Å². The fraction of sp³-hybridized carbons (Fsp3) is 0.714. The van der Waals surface area contributed by atoms with Crippen LogP contribution in [0.4, 0.5) is 0 Å². The maximum Gasteiger partial charge on any atom is 0.123 e. The molecule has 3 heterocycles. The van der Waals surface area contributed by atoms with Gasteiger partial charge in [0, 0.05) is 56.9 Å². The highest BCUT2D eigenvalue weighted by molar-refractivity contribution is 5.37. The van der Waals surface area contributed by atoms with Gasteiger partial charge in [-0.15, -0.1) is 0 Å². The smallest absolute Gasteiger partial charge is 0.123 e. The van der Waals surface area contributed by atoms with Crippen LogP contribution in [0.2, 0.25) is 0 Å². The number of morpholine rings is 1. The molecule has 3 aliphatic heterocycles. The van der Waals surface area contributed by atoms with Crippen LogP contribution >= 0.6 is 0 Å². The van der Waals surface area contributed by atoms with E-state index in [0.717, 1.165) is 51.2 Å². The quantitative estimate of drug-likeness (QED) is 0.804. The van der Waals surface area contributed by atoms with Gasteiger partial charge >= 0.3 is 0 Å². The van der Waals surface area contributed by atoms with Gasteiger partial charge in [0.05, 0.1) is 20.3 Å². The first-order valence-electron chi connectivity index (χ1n) is 10.2. The minimum absolute atomic E-state index is 0.633. The molecule has 0 bridgehead atoms. The number of hydrogen-bond donors (Lipinski definition) is 0. The molecule has 0 aromatic heterocycles. The predicted octanol–water partition coefficient (Wildman–Crippen LogP) is 2.20. The number of fused-ring (bicyclic) bond motifs is 1. The van der Waals surface area contributed by atoms with Gasteiger partial charge in [-0.1, -0.05) is 6.07 Å². The van der Waals surface area contributed by atoms with Crippen molar-refractivity contribution >= 4 is 0 Å². The Kier molecular flexibility index (Phi) is 5.79. The maximum absolute atomic E-state index is 5.63. The predicted molar refractivity (Wildman–Crippen MR) is 104 cm³/mol. The van der Waals surface area contributed by atoms with Gasteiger partial charge in [-0.25, -0.2) is 0 Å². The summed E-state index contributed by atoms with van der Waals surface area (Å²) in [6, 6.07) is 8.17. The maximum atomic E-state index is 5.63. The fourth-order valence-corrected chi connectivity index (χ4v) is 4.76. The number of rotatable bonds is 5. The van der Waals surface area contributed by atoms with Crippen LogP contribution in [0.1, 0.15) is 30.9 Å². The third-order valence-electron chi connectivity index (χ3n) is 6.29. The zero-order valence-corrected chi connectivity index (χ0v) is 16.3. The summed E-state index contributed by atoms with van der Waals surface area (Å²) >= 11 is 0. The zero-order valence-electron chi connectivity index (χ0n) is 16.3. The van der Waals surface area contributed by atoms with Gasteiger partial charge in [0.1, 0.15) is 5.75 Å². The lowest BCUT2D eigenvalue weighted by molar-refractivity contribution is 0.0338. The van der Waals surface area contributed by atoms with Crippen LogP contribution in [0.3, 0.4) is 0 Å². The normalized spacial score (nSPS) is 28.2. The molecule has 2 atom stereocenters. The van der Waals surface area contributed by atoms with Gasteiger partial charge < -0.3 is 9.47 Å². The first kappa shape index (κ1) is 18.2. The minimum Gasteiger partial charge on any atom is -0.496 e. The second-order valence-electron chi connectivity index (χ2n) is 8.10. The largest absolute Gasteiger partial charge is 0.496 e. The molecule has 3 saturated heterocycles. The monoisotopic (exact) mass is 359 g/mol. The molecule has 5 heteroatoms. The fourth-order valence-electron chi connectivity index (χ4n) is 4.76. The van der Waals surface area contributed by atoms with Crippen molar-refractivity contribution < 1.29 is 9.47 Å². The zero-order chi connectivity index (χ0) is 17.9. The summed E-state index contributed by atoms with van der Waals surface area (Å²) in [5.74, 6) is 1.01. The van der Waals surface area contributed by atoms with Crippen molar-refractivity contribution in [1.82, 2.24) is 14.7 Å². The van der Waals surface area contributed by atoms with Crippen molar-refractivity contribution in [2.24, 2.45) is 0 Å². The molecule has 3 aliphatic rings. The second-order valence-corrected chi connectivity index (χ2v) is 8.10. The molecule has 1 aromatic rings. The van der Waals surface area contributed by atoms with E-state index in [4.69, 9.17) is 9.47 Å². The van der Waals surface area contributed by atoms with E-state index in [1.165, 1.54) is 43.6 Å². The topological polar surface area (TPSA) is 28.2 Å². The number of methoxy groups -OCH3 is 1. The molecule has 4 rings (SSSR count). The van der Waals surface area contributed by atoms with Gasteiger partial charge in [0.15, 0.2) is 0 Å². The van der Waals surface area contributed by atoms with Gasteiger partial charge in [0.2, 0.25) is 0 Å². The van der Waals surface area contributed by atoms with Crippen molar-refractivity contribution in [3.05, 3.63) is 29.3 Å². The lowest BCUT2D eigenvalue weighted by Gasteiger charge is -2.42. The average molecular weight is 360 g/mol. The van der Waals surface area contributed by atoms with E-state index in [-0.39, 0.29) is 0 Å². The van der Waals surface area contributed by atoms with Crippen molar-refractivity contribution in [2.45, 2.75) is 44.9 Å². The molecule has 0 radical (unpaired) electrons. The average Bonchev–Trinajstić information content (AvgIpc) is 3.10. The molecule has 3 fully saturated rings. The van der Waals surface area contributed by atoms with Crippen LogP contribution in [0, 0.1) is 0 Å². The van der Waals surface area contributed by atoms with Gasteiger partial charge in [-0.2, -0.15) is 0 Å². The Morgan fingerprint density at radius 1 is 1.12 bits per heavy atom. The standard InChI is InChI=1S/C21H33N3O2/c1-17-13-23-7-3-4-20(23)16-24(17)14-18-5-6-21(25-2)19(12-18)15-22-8-10-26-11-9-22/h5-6,12,17,20H,3-4,7-11,13-16H2,1-2H3/t17-,20-/m0/s1. The Bertz CT molecular complexity index is 603. The molecule has 0 saturated carbocycles. The molecule has 5 nitrogen and oxygen atoms in total. The number of piperazine rings is 1. The van der Waals surface area contributed by atoms with E-state index in [0.29, 0.717) is 6.04 Å². The molecule has 0 aliphatic carbocycles. The minimum atomic E-state index is 0.633. The molecular weight excluding hydrogens is 326 g/mol. The molecule has 0 N–H and O–H groups in total. The molecule has 0 spiro atoms. The number of ether oxygens (including phenoxy) is 2. The first-order chi connectivity index (χ1) is 12.7. The summed E-state index contributed by atoms with van der Waals surface area (Å²) < 4.78 is 11.1. The van der Waals surface area contributed by atoms with Gasteiger partial charge in [-0.05, 0) is 44.0 Å². The van der Waals surface area contributed by atoms with Crippen molar-refractivity contribution in [3.63, 3.8) is 0 Å². The molecule has 0 amide bonds. The SMILES string of the molecule is COc1ccc(CN2C[C@@H]3CCCN3C[C@@H]2C)cc1CN1CCOCC1. The van der Waals surface area contributed by atoms with Crippen LogP contribution in [0.25, 0.3) is 0 Å². The molecule has 0 unspecified atom stereocenters. The van der Waals surface area contributed by atoms with Crippen molar-refractivity contribution in [2.75, 3.05) is 53.0 Å². The lowest BCUT2D eigenvalue weighted by atomic mass is 10.0.